The largest absolute Gasteiger partial charge is 0.456 e. The van der Waals surface area contributed by atoms with Gasteiger partial charge in [0.2, 0.25) is 0 Å². The van der Waals surface area contributed by atoms with Crippen molar-refractivity contribution in [1.82, 2.24) is 0 Å². The molecular formula is C16H19FO2. The van der Waals surface area contributed by atoms with Gasteiger partial charge in [-0.25, -0.2) is 9.18 Å². The van der Waals surface area contributed by atoms with Crippen LogP contribution in [0, 0.1) is 5.82 Å². The first-order valence-electron chi connectivity index (χ1n) is 6.49. The van der Waals surface area contributed by atoms with Crippen molar-refractivity contribution >= 4 is 5.97 Å². The van der Waals surface area contributed by atoms with Crippen molar-refractivity contribution in [2.45, 2.75) is 45.1 Å². The Morgan fingerprint density at radius 1 is 1.47 bits per heavy atom. The fourth-order valence-electron chi connectivity index (χ4n) is 2.73. The topological polar surface area (TPSA) is 26.3 Å². The van der Waals surface area contributed by atoms with Crippen molar-refractivity contribution in [3.05, 3.63) is 47.3 Å². The van der Waals surface area contributed by atoms with Gasteiger partial charge in [0, 0.05) is 11.5 Å². The molecule has 102 valence electrons. The van der Waals surface area contributed by atoms with E-state index < -0.39 is 11.6 Å². The lowest BCUT2D eigenvalue weighted by atomic mass is 9.85. The van der Waals surface area contributed by atoms with E-state index in [-0.39, 0.29) is 11.7 Å². The Labute approximate surface area is 113 Å². The van der Waals surface area contributed by atoms with Gasteiger partial charge in [-0.15, -0.1) is 0 Å². The Bertz CT molecular complexity index is 532. The fourth-order valence-corrected chi connectivity index (χ4v) is 2.73. The molecule has 19 heavy (non-hydrogen) atoms. The van der Waals surface area contributed by atoms with Gasteiger partial charge in [-0.05, 0) is 50.8 Å². The van der Waals surface area contributed by atoms with Gasteiger partial charge in [-0.1, -0.05) is 18.7 Å². The van der Waals surface area contributed by atoms with Crippen LogP contribution in [0.5, 0.6) is 0 Å². The van der Waals surface area contributed by atoms with Crippen LogP contribution in [0.2, 0.25) is 0 Å². The van der Waals surface area contributed by atoms with Crippen LogP contribution in [0.25, 0.3) is 0 Å². The van der Waals surface area contributed by atoms with Crippen molar-refractivity contribution in [3.8, 4) is 0 Å². The van der Waals surface area contributed by atoms with Gasteiger partial charge in [0.05, 0.1) is 0 Å². The van der Waals surface area contributed by atoms with E-state index in [4.69, 9.17) is 4.74 Å². The zero-order valence-electron chi connectivity index (χ0n) is 11.6. The summed E-state index contributed by atoms with van der Waals surface area (Å²) in [5.41, 5.74) is 1.44. The quantitative estimate of drug-likeness (QED) is 0.612. The summed E-state index contributed by atoms with van der Waals surface area (Å²) in [7, 11) is 0. The van der Waals surface area contributed by atoms with Crippen LogP contribution in [0.4, 0.5) is 4.39 Å². The zero-order valence-corrected chi connectivity index (χ0v) is 11.6. The molecule has 0 fully saturated rings. The first-order chi connectivity index (χ1) is 8.83. The number of carbonyl (C=O) groups is 1. The molecule has 1 aromatic carbocycles. The van der Waals surface area contributed by atoms with E-state index in [0.717, 1.165) is 17.5 Å². The minimum absolute atomic E-state index is 0.0292. The third-order valence-corrected chi connectivity index (χ3v) is 3.76. The van der Waals surface area contributed by atoms with Crippen LogP contribution in [0.15, 0.2) is 30.4 Å². The average molecular weight is 262 g/mol. The lowest BCUT2D eigenvalue weighted by molar-refractivity contribution is -0.153. The van der Waals surface area contributed by atoms with Gasteiger partial charge in [0.1, 0.15) is 11.4 Å². The number of halogens is 1. The van der Waals surface area contributed by atoms with Crippen LogP contribution in [-0.4, -0.2) is 11.6 Å². The van der Waals surface area contributed by atoms with E-state index in [1.807, 2.05) is 19.9 Å². The van der Waals surface area contributed by atoms with Crippen LogP contribution in [-0.2, 0) is 16.0 Å². The van der Waals surface area contributed by atoms with E-state index >= 15 is 0 Å². The maximum absolute atomic E-state index is 13.7. The summed E-state index contributed by atoms with van der Waals surface area (Å²) in [6.45, 7) is 8.96. The van der Waals surface area contributed by atoms with E-state index in [1.54, 1.807) is 13.0 Å². The van der Waals surface area contributed by atoms with E-state index in [0.29, 0.717) is 12.0 Å². The van der Waals surface area contributed by atoms with Crippen LogP contribution in [0.3, 0.4) is 0 Å². The van der Waals surface area contributed by atoms with Crippen molar-refractivity contribution in [2.24, 2.45) is 0 Å². The van der Waals surface area contributed by atoms with Crippen LogP contribution in [0.1, 0.15) is 44.2 Å². The summed E-state index contributed by atoms with van der Waals surface area (Å²) >= 11 is 0. The zero-order chi connectivity index (χ0) is 14.2. The second kappa shape index (κ2) is 4.80. The smallest absolute Gasteiger partial charge is 0.333 e. The molecule has 0 spiro atoms. The Morgan fingerprint density at radius 2 is 2.16 bits per heavy atom. The summed E-state index contributed by atoms with van der Waals surface area (Å²) in [6.07, 6.45) is 1.49. The summed E-state index contributed by atoms with van der Waals surface area (Å²) in [4.78, 5) is 11.7. The highest BCUT2D eigenvalue weighted by Gasteiger charge is 2.39. The number of benzene rings is 1. The normalized spacial score (nSPS) is 18.0. The second-order valence-electron chi connectivity index (χ2n) is 5.67. The van der Waals surface area contributed by atoms with E-state index in [2.05, 4.69) is 6.58 Å². The molecule has 1 aliphatic carbocycles. The molecule has 0 saturated heterocycles. The summed E-state index contributed by atoms with van der Waals surface area (Å²) in [5.74, 6) is -0.529. The molecule has 0 bridgehead atoms. The minimum atomic E-state index is -0.658. The molecule has 1 atom stereocenters. The van der Waals surface area contributed by atoms with Crippen molar-refractivity contribution in [1.29, 1.82) is 0 Å². The van der Waals surface area contributed by atoms with Gasteiger partial charge in [0.15, 0.2) is 0 Å². The number of esters is 1. The first-order valence-corrected chi connectivity index (χ1v) is 6.49. The Morgan fingerprint density at radius 3 is 2.79 bits per heavy atom. The highest BCUT2D eigenvalue weighted by atomic mass is 19.1. The standard InChI is InChI=1S/C16H19FO2/c1-10(2)15(18)19-16(3,4)13-9-8-12-11(13)6-5-7-14(12)17/h5-7,13H,1,8-9H2,2-4H3. The number of carbonyl (C=O) groups excluding carboxylic acids is 1. The number of fused-ring (bicyclic) bond motifs is 1. The minimum Gasteiger partial charge on any atom is -0.456 e. The molecule has 1 aliphatic rings. The monoisotopic (exact) mass is 262 g/mol. The van der Waals surface area contributed by atoms with Gasteiger partial charge in [-0.3, -0.25) is 0 Å². The highest BCUT2D eigenvalue weighted by molar-refractivity contribution is 5.87. The number of hydrogen-bond acceptors (Lipinski definition) is 2. The van der Waals surface area contributed by atoms with Gasteiger partial charge in [-0.2, -0.15) is 0 Å². The Hall–Kier alpha value is -1.64. The molecule has 0 radical (unpaired) electrons. The van der Waals surface area contributed by atoms with Crippen molar-refractivity contribution in [2.75, 3.05) is 0 Å². The predicted octanol–water partition coefficient (Wildman–Crippen LogP) is 3.75. The van der Waals surface area contributed by atoms with Crippen LogP contribution >= 0.6 is 0 Å². The number of rotatable bonds is 3. The van der Waals surface area contributed by atoms with E-state index in [1.165, 1.54) is 6.07 Å². The molecule has 0 heterocycles. The SMILES string of the molecule is C=C(C)C(=O)OC(C)(C)C1CCc2c(F)cccc21. The average Bonchev–Trinajstić information content (AvgIpc) is 2.74. The Kier molecular flexibility index (Phi) is 3.48. The third kappa shape index (κ3) is 2.55. The van der Waals surface area contributed by atoms with E-state index in [9.17, 15) is 9.18 Å². The first kappa shape index (κ1) is 13.8. The van der Waals surface area contributed by atoms with Crippen LogP contribution < -0.4 is 0 Å². The number of hydrogen-bond donors (Lipinski definition) is 0. The molecule has 1 unspecified atom stereocenters. The van der Waals surface area contributed by atoms with Gasteiger partial charge in [0.25, 0.3) is 0 Å². The molecule has 2 rings (SSSR count). The summed E-state index contributed by atoms with van der Waals surface area (Å²) in [6, 6.07) is 5.11. The third-order valence-electron chi connectivity index (χ3n) is 3.76. The molecule has 3 heteroatoms. The highest BCUT2D eigenvalue weighted by Crippen LogP contribution is 2.43. The second-order valence-corrected chi connectivity index (χ2v) is 5.67. The molecular weight excluding hydrogens is 243 g/mol. The molecule has 0 saturated carbocycles. The lowest BCUT2D eigenvalue weighted by Gasteiger charge is -2.32. The Balaban J connectivity index is 2.27. The summed E-state index contributed by atoms with van der Waals surface area (Å²) < 4.78 is 19.2. The lowest BCUT2D eigenvalue weighted by Crippen LogP contribution is -2.34. The van der Waals surface area contributed by atoms with Crippen molar-refractivity contribution < 1.29 is 13.9 Å². The fraction of sp³-hybridized carbons (Fsp3) is 0.438. The molecule has 0 amide bonds. The molecule has 2 nitrogen and oxygen atoms in total. The summed E-state index contributed by atoms with van der Waals surface area (Å²) in [5, 5.41) is 0. The molecule has 0 N–H and O–H groups in total. The molecule has 0 aromatic heterocycles. The maximum Gasteiger partial charge on any atom is 0.333 e. The van der Waals surface area contributed by atoms with Gasteiger partial charge >= 0.3 is 5.97 Å². The maximum atomic E-state index is 13.7. The van der Waals surface area contributed by atoms with Gasteiger partial charge < -0.3 is 4.74 Å². The van der Waals surface area contributed by atoms with Crippen molar-refractivity contribution in [3.63, 3.8) is 0 Å². The predicted molar refractivity (Wildman–Crippen MR) is 72.4 cm³/mol. The molecule has 1 aromatic rings. The number of ether oxygens (including phenoxy) is 1. The molecule has 0 aliphatic heterocycles.